The van der Waals surface area contributed by atoms with Gasteiger partial charge in [0.05, 0.1) is 0 Å². The predicted molar refractivity (Wildman–Crippen MR) is 62.2 cm³/mol. The van der Waals surface area contributed by atoms with Gasteiger partial charge in [-0.3, -0.25) is 0 Å². The lowest BCUT2D eigenvalue weighted by atomic mass is 10.1. The Morgan fingerprint density at radius 3 is 2.87 bits per heavy atom. The maximum Gasteiger partial charge on any atom is 0.123 e. The first-order valence-electron chi connectivity index (χ1n) is 5.67. The highest BCUT2D eigenvalue weighted by atomic mass is 19.1. The smallest absolute Gasteiger partial charge is 0.123 e. The minimum absolute atomic E-state index is 0.157. The lowest BCUT2D eigenvalue weighted by molar-refractivity contribution is 0.475. The van der Waals surface area contributed by atoms with E-state index in [9.17, 15) is 4.39 Å². The highest BCUT2D eigenvalue weighted by molar-refractivity contribution is 5.15. The third-order valence-corrected chi connectivity index (χ3v) is 2.49. The highest BCUT2D eigenvalue weighted by Gasteiger charge is 2.00. The van der Waals surface area contributed by atoms with E-state index in [0.717, 1.165) is 18.7 Å². The number of hydrogen-bond donors (Lipinski definition) is 1. The van der Waals surface area contributed by atoms with Gasteiger partial charge in [-0.15, -0.1) is 0 Å². The minimum Gasteiger partial charge on any atom is -0.312 e. The van der Waals surface area contributed by atoms with Crippen LogP contribution in [0.4, 0.5) is 4.39 Å². The molecule has 0 unspecified atom stereocenters. The summed E-state index contributed by atoms with van der Waals surface area (Å²) in [6, 6.07) is 6.75. The fraction of sp³-hybridized carbons (Fsp3) is 0.538. The van der Waals surface area contributed by atoms with Crippen LogP contribution in [0, 0.1) is 11.7 Å². The summed E-state index contributed by atoms with van der Waals surface area (Å²) in [4.78, 5) is 0. The summed E-state index contributed by atoms with van der Waals surface area (Å²) in [5, 5.41) is 3.35. The van der Waals surface area contributed by atoms with Crippen LogP contribution in [0.1, 0.15) is 32.3 Å². The van der Waals surface area contributed by atoms with Gasteiger partial charge in [0.15, 0.2) is 0 Å². The van der Waals surface area contributed by atoms with Gasteiger partial charge < -0.3 is 5.32 Å². The molecule has 0 aromatic heterocycles. The molecular weight excluding hydrogens is 189 g/mol. The monoisotopic (exact) mass is 209 g/mol. The Balaban J connectivity index is 2.25. The molecule has 1 atom stereocenters. The van der Waals surface area contributed by atoms with Crippen LogP contribution in [0.25, 0.3) is 0 Å². The highest BCUT2D eigenvalue weighted by Crippen LogP contribution is 2.05. The third kappa shape index (κ3) is 4.93. The first kappa shape index (κ1) is 12.2. The van der Waals surface area contributed by atoms with Crippen molar-refractivity contribution in [1.29, 1.82) is 0 Å². The maximum absolute atomic E-state index is 12.8. The Morgan fingerprint density at radius 1 is 1.40 bits per heavy atom. The van der Waals surface area contributed by atoms with E-state index >= 15 is 0 Å². The summed E-state index contributed by atoms with van der Waals surface area (Å²) < 4.78 is 12.8. The molecule has 0 radical (unpaired) electrons. The summed E-state index contributed by atoms with van der Waals surface area (Å²) >= 11 is 0. The molecule has 0 saturated carbocycles. The SMILES string of the molecule is CCC[C@@H](C)CNCc1cccc(F)c1. The van der Waals surface area contributed by atoms with Crippen molar-refractivity contribution in [2.45, 2.75) is 33.2 Å². The van der Waals surface area contributed by atoms with E-state index in [2.05, 4.69) is 19.2 Å². The second-order valence-corrected chi connectivity index (χ2v) is 4.15. The molecule has 0 saturated heterocycles. The Hall–Kier alpha value is -0.890. The van der Waals surface area contributed by atoms with Crippen LogP contribution in [0.5, 0.6) is 0 Å². The van der Waals surface area contributed by atoms with Crippen LogP contribution in [0.15, 0.2) is 24.3 Å². The molecule has 1 rings (SSSR count). The van der Waals surface area contributed by atoms with Crippen molar-refractivity contribution in [2.75, 3.05) is 6.54 Å². The normalized spacial score (nSPS) is 12.7. The van der Waals surface area contributed by atoms with Gasteiger partial charge in [0.25, 0.3) is 0 Å². The van der Waals surface area contributed by atoms with Gasteiger partial charge in [-0.05, 0) is 36.6 Å². The van der Waals surface area contributed by atoms with Crippen LogP contribution >= 0.6 is 0 Å². The van der Waals surface area contributed by atoms with E-state index < -0.39 is 0 Å². The molecule has 0 aliphatic heterocycles. The fourth-order valence-corrected chi connectivity index (χ4v) is 1.70. The van der Waals surface area contributed by atoms with E-state index in [1.54, 1.807) is 12.1 Å². The van der Waals surface area contributed by atoms with E-state index in [1.165, 1.54) is 18.9 Å². The molecule has 0 bridgehead atoms. The third-order valence-electron chi connectivity index (χ3n) is 2.49. The van der Waals surface area contributed by atoms with Crippen molar-refractivity contribution in [3.63, 3.8) is 0 Å². The molecule has 2 heteroatoms. The molecule has 15 heavy (non-hydrogen) atoms. The standard InChI is InChI=1S/C13H20FN/c1-3-5-11(2)9-15-10-12-6-4-7-13(14)8-12/h4,6-8,11,15H,3,5,9-10H2,1-2H3/t11-/m1/s1. The Labute approximate surface area is 91.7 Å². The minimum atomic E-state index is -0.157. The lowest BCUT2D eigenvalue weighted by Gasteiger charge is -2.11. The van der Waals surface area contributed by atoms with Gasteiger partial charge in [0, 0.05) is 6.54 Å². The summed E-state index contributed by atoms with van der Waals surface area (Å²) in [6.45, 7) is 6.20. The average Bonchev–Trinajstić information content (AvgIpc) is 2.18. The first-order chi connectivity index (χ1) is 7.22. The summed E-state index contributed by atoms with van der Waals surface area (Å²) in [5.74, 6) is 0.541. The largest absolute Gasteiger partial charge is 0.312 e. The van der Waals surface area contributed by atoms with E-state index in [0.29, 0.717) is 5.92 Å². The first-order valence-corrected chi connectivity index (χ1v) is 5.67. The van der Waals surface area contributed by atoms with Crippen LogP contribution < -0.4 is 5.32 Å². The Bertz CT molecular complexity index is 286. The summed E-state index contributed by atoms with van der Waals surface area (Å²) in [7, 11) is 0. The lowest BCUT2D eigenvalue weighted by Crippen LogP contribution is -2.20. The number of halogens is 1. The van der Waals surface area contributed by atoms with Gasteiger partial charge >= 0.3 is 0 Å². The zero-order chi connectivity index (χ0) is 11.1. The molecule has 84 valence electrons. The summed E-state index contributed by atoms with van der Waals surface area (Å²) in [5.41, 5.74) is 1.01. The Morgan fingerprint density at radius 2 is 2.20 bits per heavy atom. The summed E-state index contributed by atoms with van der Waals surface area (Å²) in [6.07, 6.45) is 2.47. The Kier molecular flexibility index (Phi) is 5.33. The average molecular weight is 209 g/mol. The van der Waals surface area contributed by atoms with E-state index in [1.807, 2.05) is 6.07 Å². The molecule has 0 aliphatic rings. The molecule has 0 amide bonds. The van der Waals surface area contributed by atoms with Gasteiger partial charge in [-0.2, -0.15) is 0 Å². The van der Waals surface area contributed by atoms with Crippen molar-refractivity contribution in [2.24, 2.45) is 5.92 Å². The van der Waals surface area contributed by atoms with Crippen LogP contribution in [0.2, 0.25) is 0 Å². The van der Waals surface area contributed by atoms with Crippen molar-refractivity contribution >= 4 is 0 Å². The number of rotatable bonds is 6. The molecule has 1 nitrogen and oxygen atoms in total. The van der Waals surface area contributed by atoms with Crippen molar-refractivity contribution in [1.82, 2.24) is 5.32 Å². The van der Waals surface area contributed by atoms with Crippen LogP contribution in [-0.4, -0.2) is 6.54 Å². The van der Waals surface area contributed by atoms with Crippen molar-refractivity contribution < 1.29 is 4.39 Å². The number of hydrogen-bond acceptors (Lipinski definition) is 1. The zero-order valence-electron chi connectivity index (χ0n) is 9.59. The molecule has 1 aromatic carbocycles. The number of nitrogens with one attached hydrogen (secondary N) is 1. The quantitative estimate of drug-likeness (QED) is 0.757. The van der Waals surface area contributed by atoms with Crippen molar-refractivity contribution in [3.05, 3.63) is 35.6 Å². The van der Waals surface area contributed by atoms with Crippen molar-refractivity contribution in [3.8, 4) is 0 Å². The second-order valence-electron chi connectivity index (χ2n) is 4.15. The van der Waals surface area contributed by atoms with Gasteiger partial charge in [0.2, 0.25) is 0 Å². The fourth-order valence-electron chi connectivity index (χ4n) is 1.70. The maximum atomic E-state index is 12.8. The molecular formula is C13H20FN. The van der Waals surface area contributed by atoms with Gasteiger partial charge in [0.1, 0.15) is 5.82 Å². The number of benzene rings is 1. The van der Waals surface area contributed by atoms with Crippen LogP contribution in [0.3, 0.4) is 0 Å². The molecule has 0 heterocycles. The molecule has 0 spiro atoms. The second kappa shape index (κ2) is 6.57. The predicted octanol–water partition coefficient (Wildman–Crippen LogP) is 3.35. The molecule has 0 aliphatic carbocycles. The van der Waals surface area contributed by atoms with E-state index in [-0.39, 0.29) is 5.82 Å². The zero-order valence-corrected chi connectivity index (χ0v) is 9.59. The molecule has 1 aromatic rings. The molecule has 1 N–H and O–H groups in total. The van der Waals surface area contributed by atoms with Gasteiger partial charge in [-0.1, -0.05) is 32.4 Å². The van der Waals surface area contributed by atoms with Crippen LogP contribution in [-0.2, 0) is 6.54 Å². The molecule has 0 fully saturated rings. The van der Waals surface area contributed by atoms with Gasteiger partial charge in [-0.25, -0.2) is 4.39 Å². The topological polar surface area (TPSA) is 12.0 Å². The van der Waals surface area contributed by atoms with E-state index in [4.69, 9.17) is 0 Å².